The maximum Gasteiger partial charge on any atom is 0.333 e. The van der Waals surface area contributed by atoms with E-state index in [2.05, 4.69) is 45.9 Å². The van der Waals surface area contributed by atoms with Crippen LogP contribution in [-0.4, -0.2) is 58.6 Å². The Kier molecular flexibility index (Phi) is 12.9. The third-order valence-corrected chi connectivity index (χ3v) is 6.27. The number of nitrogens with one attached hydrogen (secondary N) is 1. The molecule has 0 radical (unpaired) electrons. The van der Waals surface area contributed by atoms with E-state index in [0.29, 0.717) is 36.8 Å². The highest BCUT2D eigenvalue weighted by Crippen LogP contribution is 2.19. The predicted molar refractivity (Wildman–Crippen MR) is 159 cm³/mol. The normalized spacial score (nSPS) is 11.2. The summed E-state index contributed by atoms with van der Waals surface area (Å²) in [6.07, 6.45) is 3.79. The van der Waals surface area contributed by atoms with E-state index in [9.17, 15) is 4.79 Å². The summed E-state index contributed by atoms with van der Waals surface area (Å²) in [6, 6.07) is 17.6. The molecule has 9 heteroatoms. The van der Waals surface area contributed by atoms with E-state index in [0.717, 1.165) is 68.2 Å². The van der Waals surface area contributed by atoms with Crippen LogP contribution in [0.4, 0.5) is 17.3 Å². The summed E-state index contributed by atoms with van der Waals surface area (Å²) < 4.78 is 5.20. The van der Waals surface area contributed by atoms with Crippen LogP contribution in [0.3, 0.4) is 0 Å². The Morgan fingerprint density at radius 2 is 1.57 bits per heavy atom. The first kappa shape index (κ1) is 30.6. The molecule has 0 bridgehead atoms. The monoisotopic (exact) mass is 543 g/mol. The zero-order chi connectivity index (χ0) is 28.6. The summed E-state index contributed by atoms with van der Waals surface area (Å²) in [7, 11) is 0. The number of ether oxygens (including phenoxy) is 1. The van der Waals surface area contributed by atoms with E-state index >= 15 is 0 Å². The number of benzene rings is 2. The Hall–Kier alpha value is -3.98. The number of hydrogen-bond donors (Lipinski definition) is 1. The van der Waals surface area contributed by atoms with Crippen molar-refractivity contribution in [2.45, 2.75) is 52.9 Å². The Morgan fingerprint density at radius 3 is 2.25 bits per heavy atom. The highest BCUT2D eigenvalue weighted by Gasteiger charge is 2.09. The number of hydrogen-bond acceptors (Lipinski definition) is 9. The molecule has 0 aliphatic rings. The summed E-state index contributed by atoms with van der Waals surface area (Å²) in [5, 5.41) is 12.0. The molecule has 0 saturated heterocycles. The summed E-state index contributed by atoms with van der Waals surface area (Å²) in [4.78, 5) is 28.1. The average molecular weight is 544 g/mol. The molecule has 2 aromatic carbocycles. The molecule has 1 N–H and O–H groups in total. The van der Waals surface area contributed by atoms with Crippen LogP contribution < -0.4 is 5.32 Å². The number of anilines is 1. The fourth-order valence-corrected chi connectivity index (χ4v) is 3.93. The second-order valence-corrected chi connectivity index (χ2v) is 9.55. The van der Waals surface area contributed by atoms with Crippen molar-refractivity contribution in [3.05, 3.63) is 84.0 Å². The maximum absolute atomic E-state index is 11.6. The number of aryl methyl sites for hydroxylation is 1. The van der Waals surface area contributed by atoms with Crippen molar-refractivity contribution in [2.75, 3.05) is 38.1 Å². The topological polar surface area (TPSA) is 105 Å². The average Bonchev–Trinajstić information content (AvgIpc) is 2.97. The highest BCUT2D eigenvalue weighted by atomic mass is 16.5. The van der Waals surface area contributed by atoms with Gasteiger partial charge in [-0.3, -0.25) is 0 Å². The van der Waals surface area contributed by atoms with E-state index in [4.69, 9.17) is 14.7 Å². The van der Waals surface area contributed by atoms with Gasteiger partial charge in [0.2, 0.25) is 5.95 Å². The quantitative estimate of drug-likeness (QED) is 0.0901. The third-order valence-electron chi connectivity index (χ3n) is 6.27. The van der Waals surface area contributed by atoms with Crippen LogP contribution in [0.2, 0.25) is 0 Å². The third kappa shape index (κ3) is 11.0. The Balaban J connectivity index is 1.63. The van der Waals surface area contributed by atoms with Crippen molar-refractivity contribution in [3.63, 3.8) is 0 Å². The molecule has 40 heavy (non-hydrogen) atoms. The summed E-state index contributed by atoms with van der Waals surface area (Å²) in [6.45, 7) is 13.9. The SMILES string of the molecule is C=C(C)C(=O)OCCCCc1nc(Cc2ccc(N=Nc3ccccc3)cc2)nc(NCCCN(CC)CC)n1. The molecular formula is C31H41N7O2. The van der Waals surface area contributed by atoms with Gasteiger partial charge in [0, 0.05) is 25.0 Å². The molecule has 0 aliphatic heterocycles. The van der Waals surface area contributed by atoms with Gasteiger partial charge in [0.05, 0.1) is 18.0 Å². The van der Waals surface area contributed by atoms with Gasteiger partial charge < -0.3 is 15.0 Å². The number of unbranched alkanes of at least 4 members (excludes halogenated alkanes) is 1. The van der Waals surface area contributed by atoms with Gasteiger partial charge >= 0.3 is 5.97 Å². The second-order valence-electron chi connectivity index (χ2n) is 9.55. The van der Waals surface area contributed by atoms with E-state index in [1.807, 2.05) is 54.6 Å². The number of carbonyl (C=O) groups is 1. The minimum Gasteiger partial charge on any atom is -0.462 e. The van der Waals surface area contributed by atoms with Gasteiger partial charge in [0.25, 0.3) is 0 Å². The Morgan fingerprint density at radius 1 is 0.900 bits per heavy atom. The van der Waals surface area contributed by atoms with Crippen molar-refractivity contribution in [2.24, 2.45) is 10.2 Å². The van der Waals surface area contributed by atoms with Gasteiger partial charge in [-0.15, -0.1) is 0 Å². The van der Waals surface area contributed by atoms with Gasteiger partial charge in [0.1, 0.15) is 11.6 Å². The summed E-state index contributed by atoms with van der Waals surface area (Å²) >= 11 is 0. The zero-order valence-electron chi connectivity index (χ0n) is 24.0. The fraction of sp³-hybridized carbons (Fsp3) is 0.419. The van der Waals surface area contributed by atoms with Crippen molar-refractivity contribution < 1.29 is 9.53 Å². The van der Waals surface area contributed by atoms with E-state index in [1.54, 1.807) is 6.92 Å². The lowest BCUT2D eigenvalue weighted by Crippen LogP contribution is -2.25. The molecule has 3 aromatic rings. The lowest BCUT2D eigenvalue weighted by Gasteiger charge is -2.17. The first-order valence-corrected chi connectivity index (χ1v) is 14.0. The zero-order valence-corrected chi connectivity index (χ0v) is 24.0. The first-order chi connectivity index (χ1) is 19.5. The molecule has 9 nitrogen and oxygen atoms in total. The van der Waals surface area contributed by atoms with Gasteiger partial charge in [-0.05, 0) is 75.6 Å². The fourth-order valence-electron chi connectivity index (χ4n) is 3.93. The number of carbonyl (C=O) groups excluding carboxylic acids is 1. The predicted octanol–water partition coefficient (Wildman–Crippen LogP) is 6.46. The second kappa shape index (κ2) is 16.9. The van der Waals surface area contributed by atoms with Crippen molar-refractivity contribution in [3.8, 4) is 0 Å². The minimum absolute atomic E-state index is 0.355. The van der Waals surface area contributed by atoms with Crippen LogP contribution in [0.25, 0.3) is 0 Å². The van der Waals surface area contributed by atoms with E-state index in [-0.39, 0.29) is 5.97 Å². The molecule has 0 spiro atoms. The number of esters is 1. The molecule has 3 rings (SSSR count). The number of aromatic nitrogens is 3. The summed E-state index contributed by atoms with van der Waals surface area (Å²) in [5.74, 6) is 1.69. The van der Waals surface area contributed by atoms with Crippen LogP contribution in [0.15, 0.2) is 77.0 Å². The molecule has 1 heterocycles. The van der Waals surface area contributed by atoms with E-state index in [1.165, 1.54) is 0 Å². The molecule has 0 atom stereocenters. The molecule has 1 aromatic heterocycles. The summed E-state index contributed by atoms with van der Waals surface area (Å²) in [5.41, 5.74) is 3.09. The van der Waals surface area contributed by atoms with Crippen LogP contribution in [0, 0.1) is 0 Å². The highest BCUT2D eigenvalue weighted by molar-refractivity contribution is 5.86. The molecule has 0 aliphatic carbocycles. The number of azo groups is 1. The van der Waals surface area contributed by atoms with Crippen molar-refractivity contribution in [1.82, 2.24) is 19.9 Å². The van der Waals surface area contributed by atoms with Crippen LogP contribution >= 0.6 is 0 Å². The molecule has 0 fully saturated rings. The lowest BCUT2D eigenvalue weighted by molar-refractivity contribution is -0.139. The first-order valence-electron chi connectivity index (χ1n) is 14.0. The van der Waals surface area contributed by atoms with Crippen LogP contribution in [0.1, 0.15) is 57.2 Å². The minimum atomic E-state index is -0.355. The molecule has 0 amide bonds. The maximum atomic E-state index is 11.6. The lowest BCUT2D eigenvalue weighted by atomic mass is 10.1. The molecule has 0 saturated carbocycles. The van der Waals surface area contributed by atoms with Gasteiger partial charge in [-0.25, -0.2) is 9.78 Å². The molecular weight excluding hydrogens is 502 g/mol. The molecule has 212 valence electrons. The van der Waals surface area contributed by atoms with Crippen molar-refractivity contribution in [1.29, 1.82) is 0 Å². The van der Waals surface area contributed by atoms with Gasteiger partial charge in [0.15, 0.2) is 0 Å². The number of nitrogens with zero attached hydrogens (tertiary/aromatic N) is 6. The Bertz CT molecular complexity index is 1230. The van der Waals surface area contributed by atoms with Crippen molar-refractivity contribution >= 4 is 23.3 Å². The van der Waals surface area contributed by atoms with Gasteiger partial charge in [-0.1, -0.05) is 50.8 Å². The van der Waals surface area contributed by atoms with Crippen LogP contribution in [-0.2, 0) is 22.4 Å². The largest absolute Gasteiger partial charge is 0.462 e. The Labute approximate surface area is 237 Å². The number of rotatable bonds is 17. The van der Waals surface area contributed by atoms with E-state index < -0.39 is 0 Å². The standard InChI is InChI=1S/C31H41N7O2/c1-5-38(6-2)21-12-20-32-31-34-28(15-10-11-22-40-30(39)24(3)4)33-29(35-31)23-25-16-18-27(19-17-25)37-36-26-13-8-7-9-14-26/h7-9,13-14,16-19H,3,5-6,10-12,15,20-23H2,1-2,4H3,(H,32,33,34,35). The van der Waals surface area contributed by atoms with Crippen LogP contribution in [0.5, 0.6) is 0 Å². The smallest absolute Gasteiger partial charge is 0.333 e. The molecule has 0 unspecified atom stereocenters. The van der Waals surface area contributed by atoms with Gasteiger partial charge in [-0.2, -0.15) is 20.2 Å².